The van der Waals surface area contributed by atoms with E-state index < -0.39 is 22.4 Å². The van der Waals surface area contributed by atoms with Gasteiger partial charge in [-0.05, 0) is 17.7 Å². The van der Waals surface area contributed by atoms with Crippen LogP contribution in [0.1, 0.15) is 16.8 Å². The number of halogens is 4. The van der Waals surface area contributed by atoms with Crippen LogP contribution in [0.2, 0.25) is 5.15 Å². The Hall–Kier alpha value is -2.62. The molecule has 0 radical (unpaired) electrons. The number of rotatable bonds is 5. The summed E-state index contributed by atoms with van der Waals surface area (Å²) in [6.45, 7) is -0.0757. The molecule has 0 aliphatic heterocycles. The Morgan fingerprint density at radius 1 is 1.42 bits per heavy atom. The van der Waals surface area contributed by atoms with Crippen molar-refractivity contribution in [1.29, 1.82) is 0 Å². The van der Waals surface area contributed by atoms with Gasteiger partial charge in [0.1, 0.15) is 11.8 Å². The molecule has 1 aromatic heterocycles. The maximum atomic E-state index is 12.8. The smallest absolute Gasteiger partial charge is 0.391 e. The van der Waals surface area contributed by atoms with Crippen LogP contribution in [-0.2, 0) is 24.7 Å². The van der Waals surface area contributed by atoms with E-state index in [0.29, 0.717) is 5.56 Å². The van der Waals surface area contributed by atoms with E-state index in [9.17, 15) is 23.3 Å². The van der Waals surface area contributed by atoms with Gasteiger partial charge in [-0.2, -0.15) is 18.3 Å². The van der Waals surface area contributed by atoms with Crippen molar-refractivity contribution in [1.82, 2.24) is 9.78 Å². The number of alkyl halides is 3. The summed E-state index contributed by atoms with van der Waals surface area (Å²) in [6, 6.07) is 5.46. The van der Waals surface area contributed by atoms with Gasteiger partial charge in [0, 0.05) is 19.2 Å². The minimum atomic E-state index is -4.68. The second-order valence-corrected chi connectivity index (χ2v) is 4.96. The van der Waals surface area contributed by atoms with Gasteiger partial charge in [-0.3, -0.25) is 14.8 Å². The fourth-order valence-electron chi connectivity index (χ4n) is 1.76. The van der Waals surface area contributed by atoms with Crippen molar-refractivity contribution in [3.05, 3.63) is 56.4 Å². The predicted molar refractivity (Wildman–Crippen MR) is 78.7 cm³/mol. The number of nitro benzene ring substituents is 1. The first-order valence-electron chi connectivity index (χ1n) is 6.38. The molecule has 0 unspecified atom stereocenters. The number of nitro groups is 1. The molecular weight excluding hydrogens is 353 g/mol. The molecular formula is C13H10ClF3N4O3. The molecule has 24 heavy (non-hydrogen) atoms. The highest BCUT2D eigenvalue weighted by Crippen LogP contribution is 2.33. The van der Waals surface area contributed by atoms with Gasteiger partial charge in [-0.15, -0.1) is 0 Å². The summed E-state index contributed by atoms with van der Waals surface area (Å²) in [7, 11) is 1.27. The first kappa shape index (κ1) is 17.7. The van der Waals surface area contributed by atoms with Crippen LogP contribution in [0.4, 0.5) is 18.9 Å². The van der Waals surface area contributed by atoms with Gasteiger partial charge >= 0.3 is 6.18 Å². The Morgan fingerprint density at radius 3 is 2.58 bits per heavy atom. The molecule has 0 atom stereocenters. The SMILES string of the molecule is Cn1nc(C(F)(F)F)c(/C=N/OCc2ccc([N+](=O)[O-])cc2)c1Cl. The van der Waals surface area contributed by atoms with Crippen LogP contribution in [0, 0.1) is 10.1 Å². The Morgan fingerprint density at radius 2 is 2.04 bits per heavy atom. The molecule has 2 aromatic rings. The molecule has 1 heterocycles. The highest BCUT2D eigenvalue weighted by Gasteiger charge is 2.38. The molecule has 0 bridgehead atoms. The second-order valence-electron chi connectivity index (χ2n) is 4.61. The van der Waals surface area contributed by atoms with E-state index in [1.54, 1.807) is 0 Å². The molecule has 0 saturated carbocycles. The number of hydrogen-bond acceptors (Lipinski definition) is 5. The van der Waals surface area contributed by atoms with E-state index in [1.807, 2.05) is 0 Å². The Labute approximate surface area is 138 Å². The van der Waals surface area contributed by atoms with E-state index >= 15 is 0 Å². The minimum absolute atomic E-state index is 0.0757. The summed E-state index contributed by atoms with van der Waals surface area (Å²) in [4.78, 5) is 14.9. The zero-order valence-corrected chi connectivity index (χ0v) is 12.9. The Bertz CT molecular complexity index is 772. The lowest BCUT2D eigenvalue weighted by Gasteiger charge is -2.03. The first-order chi connectivity index (χ1) is 11.2. The molecule has 0 fully saturated rings. The number of nitrogens with zero attached hydrogens (tertiary/aromatic N) is 4. The molecule has 1 aromatic carbocycles. The van der Waals surface area contributed by atoms with E-state index in [2.05, 4.69) is 10.3 Å². The maximum Gasteiger partial charge on any atom is 0.435 e. The van der Waals surface area contributed by atoms with Crippen LogP contribution in [0.15, 0.2) is 29.4 Å². The van der Waals surface area contributed by atoms with Crippen LogP contribution in [0.5, 0.6) is 0 Å². The summed E-state index contributed by atoms with van der Waals surface area (Å²) < 4.78 is 39.4. The number of non-ortho nitro benzene ring substituents is 1. The van der Waals surface area contributed by atoms with Gasteiger partial charge in [0.15, 0.2) is 5.69 Å². The summed E-state index contributed by atoms with van der Waals surface area (Å²) in [6.07, 6.45) is -3.85. The van der Waals surface area contributed by atoms with Crippen molar-refractivity contribution in [3.63, 3.8) is 0 Å². The molecule has 11 heteroatoms. The van der Waals surface area contributed by atoms with Crippen LogP contribution in [0.3, 0.4) is 0 Å². The van der Waals surface area contributed by atoms with E-state index in [4.69, 9.17) is 16.4 Å². The van der Waals surface area contributed by atoms with E-state index in [1.165, 1.54) is 31.3 Å². The van der Waals surface area contributed by atoms with Crippen molar-refractivity contribution >= 4 is 23.5 Å². The molecule has 2 rings (SSSR count). The first-order valence-corrected chi connectivity index (χ1v) is 6.76. The summed E-state index contributed by atoms with van der Waals surface area (Å²) >= 11 is 5.75. The third-order valence-corrected chi connectivity index (χ3v) is 3.36. The van der Waals surface area contributed by atoms with Gasteiger partial charge in [0.05, 0.1) is 16.7 Å². The van der Waals surface area contributed by atoms with Crippen molar-refractivity contribution in [2.45, 2.75) is 12.8 Å². The molecule has 0 aliphatic carbocycles. The molecule has 0 aliphatic rings. The van der Waals surface area contributed by atoms with E-state index in [-0.39, 0.29) is 17.4 Å². The molecule has 7 nitrogen and oxygen atoms in total. The average molecular weight is 363 g/mol. The fourth-order valence-corrected chi connectivity index (χ4v) is 1.94. The van der Waals surface area contributed by atoms with Crippen molar-refractivity contribution in [2.24, 2.45) is 12.2 Å². The molecule has 0 amide bonds. The van der Waals surface area contributed by atoms with Crippen molar-refractivity contribution < 1.29 is 22.9 Å². The fraction of sp³-hybridized carbons (Fsp3) is 0.231. The highest BCUT2D eigenvalue weighted by molar-refractivity contribution is 6.32. The summed E-state index contributed by atoms with van der Waals surface area (Å²) in [5.41, 5.74) is -1.10. The number of aryl methyl sites for hydroxylation is 1. The second kappa shape index (κ2) is 6.87. The largest absolute Gasteiger partial charge is 0.435 e. The van der Waals surface area contributed by atoms with Gasteiger partial charge in [0.2, 0.25) is 0 Å². The number of aromatic nitrogens is 2. The van der Waals surface area contributed by atoms with Crippen molar-refractivity contribution in [3.8, 4) is 0 Å². The maximum absolute atomic E-state index is 12.8. The predicted octanol–water partition coefficient (Wildman–Crippen LogP) is 3.55. The minimum Gasteiger partial charge on any atom is -0.391 e. The highest BCUT2D eigenvalue weighted by atomic mass is 35.5. The van der Waals surface area contributed by atoms with Gasteiger partial charge in [-0.1, -0.05) is 16.8 Å². The van der Waals surface area contributed by atoms with Gasteiger partial charge < -0.3 is 4.84 Å². The molecule has 128 valence electrons. The zero-order valence-electron chi connectivity index (χ0n) is 12.1. The van der Waals surface area contributed by atoms with Crippen LogP contribution in [0.25, 0.3) is 0 Å². The topological polar surface area (TPSA) is 82.5 Å². The van der Waals surface area contributed by atoms with Crippen LogP contribution < -0.4 is 0 Å². The zero-order chi connectivity index (χ0) is 17.9. The van der Waals surface area contributed by atoms with Crippen molar-refractivity contribution in [2.75, 3.05) is 0 Å². The number of hydrogen-bond donors (Lipinski definition) is 0. The Kier molecular flexibility index (Phi) is 5.07. The van der Waals surface area contributed by atoms with Gasteiger partial charge in [-0.25, -0.2) is 0 Å². The average Bonchev–Trinajstić information content (AvgIpc) is 2.80. The lowest BCUT2D eigenvalue weighted by atomic mass is 10.2. The van der Waals surface area contributed by atoms with Crippen LogP contribution in [-0.4, -0.2) is 20.9 Å². The third kappa shape index (κ3) is 4.02. The number of benzene rings is 1. The standard InChI is InChI=1S/C13H10ClF3N4O3/c1-20-12(14)10(11(19-20)13(15,16)17)6-18-24-7-8-2-4-9(5-3-8)21(22)23/h2-6H,7H2,1H3/b18-6+. The monoisotopic (exact) mass is 362 g/mol. The molecule has 0 spiro atoms. The molecule has 0 saturated heterocycles. The van der Waals surface area contributed by atoms with Crippen LogP contribution >= 0.6 is 11.6 Å². The van der Waals surface area contributed by atoms with Gasteiger partial charge in [0.25, 0.3) is 5.69 Å². The lowest BCUT2D eigenvalue weighted by molar-refractivity contribution is -0.384. The Balaban J connectivity index is 2.06. The molecule has 0 N–H and O–H groups in total. The summed E-state index contributed by atoms with van der Waals surface area (Å²) in [5.74, 6) is 0. The lowest BCUT2D eigenvalue weighted by Crippen LogP contribution is -2.09. The third-order valence-electron chi connectivity index (χ3n) is 2.91. The summed E-state index contributed by atoms with van der Waals surface area (Å²) in [5, 5.41) is 17.0. The normalized spacial score (nSPS) is 11.9. The van der Waals surface area contributed by atoms with E-state index in [0.717, 1.165) is 10.9 Å². The quantitative estimate of drug-likeness (QED) is 0.462. The number of oxime groups is 1.